The third kappa shape index (κ3) is 3.77. The number of carboxylic acid groups (broad SMARTS) is 1. The molecule has 0 aliphatic carbocycles. The Kier molecular flexibility index (Phi) is 5.10. The van der Waals surface area contributed by atoms with Crippen molar-refractivity contribution in [1.29, 1.82) is 0 Å². The first-order chi connectivity index (χ1) is 15.3. The zero-order valence-electron chi connectivity index (χ0n) is 16.3. The lowest BCUT2D eigenvalue weighted by Gasteiger charge is -2.30. The van der Waals surface area contributed by atoms with Gasteiger partial charge in [0.25, 0.3) is 5.60 Å². The highest BCUT2D eigenvalue weighted by Crippen LogP contribution is 2.50. The van der Waals surface area contributed by atoms with E-state index >= 15 is 0 Å². The number of aromatic carboxylic acids is 1. The molecule has 1 aliphatic rings. The largest absolute Gasteiger partial charge is 0.478 e. The molecule has 0 spiro atoms. The molecule has 1 N–H and O–H groups in total. The summed E-state index contributed by atoms with van der Waals surface area (Å²) >= 11 is 0. The molecule has 0 aromatic heterocycles. The van der Waals surface area contributed by atoms with Crippen molar-refractivity contribution in [3.8, 4) is 0 Å². The first kappa shape index (κ1) is 22.6. The Balaban J connectivity index is 1.85. The lowest BCUT2D eigenvalue weighted by Crippen LogP contribution is -2.43. The van der Waals surface area contributed by atoms with Crippen LogP contribution in [0.2, 0.25) is 0 Å². The van der Waals surface area contributed by atoms with Crippen LogP contribution in [0.3, 0.4) is 0 Å². The summed E-state index contributed by atoms with van der Waals surface area (Å²) < 4.78 is 95.7. The second-order valence-corrected chi connectivity index (χ2v) is 7.37. The van der Waals surface area contributed by atoms with E-state index in [0.717, 1.165) is 0 Å². The van der Waals surface area contributed by atoms with Crippen LogP contribution < -0.4 is 0 Å². The van der Waals surface area contributed by atoms with E-state index in [1.54, 1.807) is 0 Å². The number of carboxylic acids is 1. The van der Waals surface area contributed by atoms with Gasteiger partial charge in [0, 0.05) is 17.5 Å². The fourth-order valence-corrected chi connectivity index (χ4v) is 3.77. The van der Waals surface area contributed by atoms with Crippen LogP contribution in [0.5, 0.6) is 0 Å². The number of alkyl halides is 6. The minimum absolute atomic E-state index is 0.0857. The molecule has 1 atom stereocenters. The molecule has 11 heteroatoms. The molecule has 0 amide bonds. The van der Waals surface area contributed by atoms with Gasteiger partial charge in [-0.2, -0.15) is 26.3 Å². The maximum atomic E-state index is 14.2. The van der Waals surface area contributed by atoms with Gasteiger partial charge in [0.15, 0.2) is 0 Å². The summed E-state index contributed by atoms with van der Waals surface area (Å²) in [4.78, 5) is 16.2. The number of hydrogen-bond donors (Lipinski definition) is 1. The number of fused-ring (bicyclic) bond motifs is 1. The standard InChI is InChI=1S/C22H12F7NO3/c23-13-8-11(7-12(9-13)21(24,25)26)20(22(27,28)29)10-18(30-33-20)16-5-6-17(19(31)32)15-4-2-1-3-14(15)16/h1-9H,10H2,(H,31,32). The molecule has 0 saturated heterocycles. The second-order valence-electron chi connectivity index (χ2n) is 7.37. The molecular weight excluding hydrogens is 459 g/mol. The highest BCUT2D eigenvalue weighted by molar-refractivity contribution is 6.15. The first-order valence-electron chi connectivity index (χ1n) is 9.29. The summed E-state index contributed by atoms with van der Waals surface area (Å²) in [6.45, 7) is 0. The second kappa shape index (κ2) is 7.46. The Labute approximate surface area is 180 Å². The van der Waals surface area contributed by atoms with Gasteiger partial charge in [-0.25, -0.2) is 9.18 Å². The highest BCUT2D eigenvalue weighted by Gasteiger charge is 2.62. The van der Waals surface area contributed by atoms with Crippen LogP contribution in [0.1, 0.15) is 33.5 Å². The minimum atomic E-state index is -5.26. The molecule has 3 aromatic rings. The molecule has 33 heavy (non-hydrogen) atoms. The Morgan fingerprint density at radius 1 is 0.970 bits per heavy atom. The molecule has 0 radical (unpaired) electrons. The molecule has 4 rings (SSSR count). The van der Waals surface area contributed by atoms with E-state index in [1.807, 2.05) is 0 Å². The SMILES string of the molecule is O=C(O)c1ccc(C2=NOC(c3cc(F)cc(C(F)(F)F)c3)(C(F)(F)F)C2)c2ccccc12. The van der Waals surface area contributed by atoms with E-state index in [0.29, 0.717) is 6.07 Å². The zero-order chi connectivity index (χ0) is 24.2. The monoisotopic (exact) mass is 471 g/mol. The van der Waals surface area contributed by atoms with Gasteiger partial charge in [-0.1, -0.05) is 35.5 Å². The third-order valence-corrected chi connectivity index (χ3v) is 5.34. The molecule has 0 bridgehead atoms. The van der Waals surface area contributed by atoms with Crippen LogP contribution in [0.25, 0.3) is 10.8 Å². The van der Waals surface area contributed by atoms with Crippen molar-refractivity contribution < 1.29 is 45.5 Å². The maximum absolute atomic E-state index is 14.2. The average Bonchev–Trinajstić information content (AvgIpc) is 3.18. The summed E-state index contributed by atoms with van der Waals surface area (Å²) in [5, 5.41) is 13.3. The van der Waals surface area contributed by atoms with Gasteiger partial charge in [-0.05, 0) is 35.0 Å². The fourth-order valence-electron chi connectivity index (χ4n) is 3.77. The van der Waals surface area contributed by atoms with Crippen molar-refractivity contribution in [2.24, 2.45) is 5.16 Å². The molecule has 4 nitrogen and oxygen atoms in total. The summed E-state index contributed by atoms with van der Waals surface area (Å²) in [5.41, 5.74) is -6.33. The van der Waals surface area contributed by atoms with Crippen LogP contribution in [-0.2, 0) is 16.6 Å². The van der Waals surface area contributed by atoms with Gasteiger partial charge in [-0.3, -0.25) is 0 Å². The third-order valence-electron chi connectivity index (χ3n) is 5.34. The Morgan fingerprint density at radius 3 is 2.24 bits per heavy atom. The smallest absolute Gasteiger partial charge is 0.435 e. The summed E-state index contributed by atoms with van der Waals surface area (Å²) in [7, 11) is 0. The van der Waals surface area contributed by atoms with Crippen molar-refractivity contribution in [3.63, 3.8) is 0 Å². The van der Waals surface area contributed by atoms with Crippen LogP contribution in [-0.4, -0.2) is 23.0 Å². The van der Waals surface area contributed by atoms with Crippen LogP contribution in [0, 0.1) is 5.82 Å². The Morgan fingerprint density at radius 2 is 1.64 bits per heavy atom. The topological polar surface area (TPSA) is 58.9 Å². The van der Waals surface area contributed by atoms with Crippen LogP contribution in [0.4, 0.5) is 30.7 Å². The minimum Gasteiger partial charge on any atom is -0.478 e. The molecule has 1 unspecified atom stereocenters. The van der Waals surface area contributed by atoms with Crippen LogP contribution >= 0.6 is 0 Å². The van der Waals surface area contributed by atoms with E-state index in [1.165, 1.54) is 36.4 Å². The van der Waals surface area contributed by atoms with E-state index in [4.69, 9.17) is 4.84 Å². The number of hydrogen-bond acceptors (Lipinski definition) is 3. The number of nitrogens with zero attached hydrogens (tertiary/aromatic N) is 1. The van der Waals surface area contributed by atoms with Gasteiger partial charge in [0.1, 0.15) is 5.82 Å². The highest BCUT2D eigenvalue weighted by atomic mass is 19.4. The van der Waals surface area contributed by atoms with Crippen molar-refractivity contribution in [2.75, 3.05) is 0 Å². The van der Waals surface area contributed by atoms with Crippen molar-refractivity contribution in [3.05, 3.63) is 82.7 Å². The van der Waals surface area contributed by atoms with Crippen LogP contribution in [0.15, 0.2) is 59.8 Å². The summed E-state index contributed by atoms with van der Waals surface area (Å²) in [5.74, 6) is -2.77. The molecule has 0 saturated carbocycles. The number of oxime groups is 1. The normalized spacial score (nSPS) is 18.8. The predicted molar refractivity (Wildman–Crippen MR) is 102 cm³/mol. The van der Waals surface area contributed by atoms with Crippen molar-refractivity contribution in [2.45, 2.75) is 24.4 Å². The molecule has 172 valence electrons. The molecular formula is C22H12F7NO3. The van der Waals surface area contributed by atoms with E-state index in [9.17, 15) is 40.6 Å². The number of halogens is 7. The molecule has 0 fully saturated rings. The zero-order valence-corrected chi connectivity index (χ0v) is 16.3. The first-order valence-corrected chi connectivity index (χ1v) is 9.29. The summed E-state index contributed by atoms with van der Waals surface area (Å²) in [6, 6.07) is 9.02. The van der Waals surface area contributed by atoms with Gasteiger partial charge >= 0.3 is 18.3 Å². The lowest BCUT2D eigenvalue weighted by atomic mass is 9.84. The Hall–Kier alpha value is -3.63. The fraction of sp³-hybridized carbons (Fsp3) is 0.182. The molecule has 1 aliphatic heterocycles. The van der Waals surface area contributed by atoms with Gasteiger partial charge in [-0.15, -0.1) is 0 Å². The molecule has 3 aromatic carbocycles. The van der Waals surface area contributed by atoms with E-state index in [2.05, 4.69) is 5.16 Å². The van der Waals surface area contributed by atoms with E-state index in [-0.39, 0.29) is 39.7 Å². The van der Waals surface area contributed by atoms with Gasteiger partial charge < -0.3 is 9.94 Å². The average molecular weight is 471 g/mol. The quantitative estimate of drug-likeness (QED) is 0.458. The Bertz CT molecular complexity index is 1300. The maximum Gasteiger partial charge on any atom is 0.435 e. The van der Waals surface area contributed by atoms with E-state index < -0.39 is 47.3 Å². The number of rotatable bonds is 3. The van der Waals surface area contributed by atoms with Crippen molar-refractivity contribution in [1.82, 2.24) is 0 Å². The molecule has 1 heterocycles. The number of benzene rings is 3. The lowest BCUT2D eigenvalue weighted by molar-refractivity contribution is -0.276. The van der Waals surface area contributed by atoms with Gasteiger partial charge in [0.2, 0.25) is 0 Å². The predicted octanol–water partition coefficient (Wildman–Crippen LogP) is 6.28. The van der Waals surface area contributed by atoms with Crippen molar-refractivity contribution >= 4 is 22.5 Å². The summed E-state index contributed by atoms with van der Waals surface area (Å²) in [6.07, 6.45) is -11.4. The van der Waals surface area contributed by atoms with Gasteiger partial charge in [0.05, 0.1) is 16.8 Å². The number of carbonyl (C=O) groups is 1.